The Labute approximate surface area is 138 Å². The smallest absolute Gasteiger partial charge is 0.416 e. The quantitative estimate of drug-likeness (QED) is 0.379. The molecule has 0 aliphatic heterocycles. The number of methoxy groups -OCH3 is 1. The largest absolute Gasteiger partial charge is 0.507 e. The average Bonchev–Trinajstić information content (AvgIpc) is 2.54. The Balaban J connectivity index is 0.000000257. The summed E-state index contributed by atoms with van der Waals surface area (Å²) in [6.07, 6.45) is -4.71. The summed E-state index contributed by atoms with van der Waals surface area (Å²) in [6.45, 7) is 0. The number of carbonyl (C=O) groups excluding carboxylic acids is 1. The van der Waals surface area contributed by atoms with E-state index in [4.69, 9.17) is 5.11 Å². The molecule has 0 aromatic heterocycles. The Bertz CT molecular complexity index is 777. The van der Waals surface area contributed by atoms with Crippen molar-refractivity contribution in [1.29, 1.82) is 0 Å². The van der Waals surface area contributed by atoms with Gasteiger partial charge in [0, 0.05) is 6.07 Å². The number of phenols is 1. The van der Waals surface area contributed by atoms with Crippen molar-refractivity contribution in [2.75, 3.05) is 7.11 Å². The number of rotatable bonds is 2. The first-order valence-corrected chi connectivity index (χ1v) is 6.45. The number of benzene rings is 2. The molecule has 0 saturated heterocycles. The second-order valence-corrected chi connectivity index (χ2v) is 4.43. The molecule has 1 N–H and O–H groups in total. The van der Waals surface area contributed by atoms with E-state index in [1.807, 2.05) is 0 Å². The SMILES string of the molecule is COC(=O)c1ccccc1O.O=[N+]([O-])c1cc(C(F)(F)F)ccc1F. The van der Waals surface area contributed by atoms with Gasteiger partial charge in [0.1, 0.15) is 11.3 Å². The van der Waals surface area contributed by atoms with Crippen LogP contribution in [0.5, 0.6) is 5.75 Å². The highest BCUT2D eigenvalue weighted by Gasteiger charge is 2.33. The lowest BCUT2D eigenvalue weighted by molar-refractivity contribution is -0.387. The van der Waals surface area contributed by atoms with Gasteiger partial charge in [-0.2, -0.15) is 17.6 Å². The summed E-state index contributed by atoms with van der Waals surface area (Å²) < 4.78 is 53.1. The molecule has 0 saturated carbocycles. The van der Waals surface area contributed by atoms with Crippen LogP contribution in [0.2, 0.25) is 0 Å². The Hall–Kier alpha value is -3.17. The van der Waals surface area contributed by atoms with Crippen LogP contribution in [0.1, 0.15) is 15.9 Å². The molecule has 10 heteroatoms. The van der Waals surface area contributed by atoms with Crippen LogP contribution in [0.4, 0.5) is 23.2 Å². The summed E-state index contributed by atoms with van der Waals surface area (Å²) >= 11 is 0. The Kier molecular flexibility index (Phi) is 6.43. The normalized spacial score (nSPS) is 10.4. The van der Waals surface area contributed by atoms with E-state index >= 15 is 0 Å². The number of ether oxygens (including phenoxy) is 1. The van der Waals surface area contributed by atoms with Crippen molar-refractivity contribution in [1.82, 2.24) is 0 Å². The molecule has 0 spiro atoms. The van der Waals surface area contributed by atoms with Crippen molar-refractivity contribution in [2.24, 2.45) is 0 Å². The molecule has 0 radical (unpaired) electrons. The summed E-state index contributed by atoms with van der Waals surface area (Å²) in [5.74, 6) is -1.87. The zero-order chi connectivity index (χ0) is 19.2. The molecular formula is C15H11F4NO5. The number of esters is 1. The van der Waals surface area contributed by atoms with Crippen molar-refractivity contribution in [3.63, 3.8) is 0 Å². The molecule has 0 atom stereocenters. The third-order valence-corrected chi connectivity index (χ3v) is 2.78. The van der Waals surface area contributed by atoms with E-state index in [2.05, 4.69) is 4.74 Å². The predicted octanol–water partition coefficient (Wildman–Crippen LogP) is 3.93. The lowest BCUT2D eigenvalue weighted by Gasteiger charge is -2.05. The topological polar surface area (TPSA) is 89.7 Å². The molecule has 0 amide bonds. The van der Waals surface area contributed by atoms with E-state index in [0.29, 0.717) is 12.1 Å². The molecule has 134 valence electrons. The van der Waals surface area contributed by atoms with Gasteiger partial charge in [-0.25, -0.2) is 4.79 Å². The van der Waals surface area contributed by atoms with Crippen molar-refractivity contribution in [3.05, 3.63) is 69.5 Å². The minimum Gasteiger partial charge on any atom is -0.507 e. The van der Waals surface area contributed by atoms with Gasteiger partial charge in [0.05, 0.1) is 17.6 Å². The zero-order valence-electron chi connectivity index (χ0n) is 12.6. The van der Waals surface area contributed by atoms with Gasteiger partial charge in [-0.3, -0.25) is 10.1 Å². The summed E-state index contributed by atoms with van der Waals surface area (Å²) in [4.78, 5) is 19.7. The van der Waals surface area contributed by atoms with Gasteiger partial charge in [-0.05, 0) is 24.3 Å². The van der Waals surface area contributed by atoms with Crippen LogP contribution in [0, 0.1) is 15.9 Å². The van der Waals surface area contributed by atoms with E-state index in [-0.39, 0.29) is 17.4 Å². The molecule has 2 aromatic carbocycles. The third-order valence-electron chi connectivity index (χ3n) is 2.78. The number of para-hydroxylation sites is 1. The molecular weight excluding hydrogens is 350 g/mol. The third kappa shape index (κ3) is 5.44. The summed E-state index contributed by atoms with van der Waals surface area (Å²) in [6, 6.07) is 7.26. The minimum absolute atomic E-state index is 0.0562. The van der Waals surface area contributed by atoms with E-state index in [0.717, 1.165) is 0 Å². The van der Waals surface area contributed by atoms with Gasteiger partial charge in [0.15, 0.2) is 0 Å². The molecule has 25 heavy (non-hydrogen) atoms. The van der Waals surface area contributed by atoms with Gasteiger partial charge in [-0.15, -0.1) is 0 Å². The summed E-state index contributed by atoms with van der Waals surface area (Å²) in [5, 5.41) is 19.2. The maximum Gasteiger partial charge on any atom is 0.416 e. The highest BCUT2D eigenvalue weighted by molar-refractivity contribution is 5.92. The monoisotopic (exact) mass is 361 g/mol. The van der Waals surface area contributed by atoms with Gasteiger partial charge in [0.25, 0.3) is 0 Å². The van der Waals surface area contributed by atoms with Gasteiger partial charge < -0.3 is 9.84 Å². The summed E-state index contributed by atoms with van der Waals surface area (Å²) in [5.41, 5.74) is -2.24. The number of nitrogens with zero attached hydrogens (tertiary/aromatic N) is 1. The lowest BCUT2D eigenvalue weighted by Crippen LogP contribution is -2.06. The van der Waals surface area contributed by atoms with Crippen LogP contribution < -0.4 is 0 Å². The molecule has 0 aliphatic rings. The summed E-state index contributed by atoms with van der Waals surface area (Å²) in [7, 11) is 1.27. The number of aromatic hydroxyl groups is 1. The molecule has 0 aliphatic carbocycles. The first kappa shape index (κ1) is 19.9. The molecule has 0 heterocycles. The first-order chi connectivity index (χ1) is 11.6. The Morgan fingerprint density at radius 3 is 2.28 bits per heavy atom. The molecule has 0 bridgehead atoms. The van der Waals surface area contributed by atoms with Crippen molar-refractivity contribution in [3.8, 4) is 5.75 Å². The fraction of sp³-hybridized carbons (Fsp3) is 0.133. The van der Waals surface area contributed by atoms with E-state index < -0.39 is 34.1 Å². The number of nitro groups is 1. The second kappa shape index (κ2) is 8.08. The first-order valence-electron chi connectivity index (χ1n) is 6.45. The van der Waals surface area contributed by atoms with Crippen LogP contribution in [0.3, 0.4) is 0 Å². The lowest BCUT2D eigenvalue weighted by atomic mass is 10.2. The second-order valence-electron chi connectivity index (χ2n) is 4.43. The highest BCUT2D eigenvalue weighted by Crippen LogP contribution is 2.32. The predicted molar refractivity (Wildman–Crippen MR) is 77.5 cm³/mol. The number of alkyl halides is 3. The molecule has 0 fully saturated rings. The number of halogens is 4. The average molecular weight is 361 g/mol. The van der Waals surface area contributed by atoms with Crippen LogP contribution in [0.15, 0.2) is 42.5 Å². The number of hydrogen-bond acceptors (Lipinski definition) is 5. The standard InChI is InChI=1S/C8H8O3.C7H3F4NO2/c1-11-8(10)6-4-2-3-5-7(6)9;8-5-2-1-4(7(9,10)11)3-6(5)12(13)14/h2-5,9H,1H3;1-3H. The molecule has 6 nitrogen and oxygen atoms in total. The minimum atomic E-state index is -4.71. The molecule has 2 rings (SSSR count). The van der Waals surface area contributed by atoms with Crippen LogP contribution >= 0.6 is 0 Å². The van der Waals surface area contributed by atoms with Crippen LogP contribution in [-0.2, 0) is 10.9 Å². The van der Waals surface area contributed by atoms with E-state index in [9.17, 15) is 32.5 Å². The Morgan fingerprint density at radius 2 is 1.80 bits per heavy atom. The van der Waals surface area contributed by atoms with Crippen molar-refractivity contribution < 1.29 is 37.1 Å². The van der Waals surface area contributed by atoms with Crippen LogP contribution in [-0.4, -0.2) is 23.1 Å². The fourth-order valence-electron chi connectivity index (χ4n) is 1.59. The number of hydrogen-bond donors (Lipinski definition) is 1. The number of carbonyl (C=O) groups is 1. The van der Waals surface area contributed by atoms with Gasteiger partial charge in [0.2, 0.25) is 5.82 Å². The number of phenolic OH excluding ortho intramolecular Hbond substituents is 1. The van der Waals surface area contributed by atoms with E-state index in [1.54, 1.807) is 12.1 Å². The number of nitro benzene ring substituents is 1. The maximum atomic E-state index is 12.6. The van der Waals surface area contributed by atoms with Gasteiger partial charge in [-0.1, -0.05) is 12.1 Å². The Morgan fingerprint density at radius 1 is 1.20 bits per heavy atom. The van der Waals surface area contributed by atoms with Crippen molar-refractivity contribution in [2.45, 2.75) is 6.18 Å². The highest BCUT2D eigenvalue weighted by atomic mass is 19.4. The zero-order valence-corrected chi connectivity index (χ0v) is 12.6. The van der Waals surface area contributed by atoms with E-state index in [1.165, 1.54) is 19.2 Å². The van der Waals surface area contributed by atoms with Crippen molar-refractivity contribution >= 4 is 11.7 Å². The van der Waals surface area contributed by atoms with Crippen LogP contribution in [0.25, 0.3) is 0 Å². The van der Waals surface area contributed by atoms with Gasteiger partial charge >= 0.3 is 17.8 Å². The maximum absolute atomic E-state index is 12.6. The fourth-order valence-corrected chi connectivity index (χ4v) is 1.59. The molecule has 2 aromatic rings. The molecule has 0 unspecified atom stereocenters.